The first-order chi connectivity index (χ1) is 6.44. The molecule has 1 amide bonds. The number of anilines is 1. The Labute approximate surface area is 84.5 Å². The summed E-state index contributed by atoms with van der Waals surface area (Å²) < 4.78 is 0. The SMILES string of the molecule is Cc1ccc2c(c1)C(C)(C)C(=O)N2C. The van der Waals surface area contributed by atoms with Crippen LogP contribution in [-0.4, -0.2) is 13.0 Å². The van der Waals surface area contributed by atoms with E-state index in [4.69, 9.17) is 0 Å². The minimum Gasteiger partial charge on any atom is -0.314 e. The molecule has 0 atom stereocenters. The molecule has 0 saturated carbocycles. The molecule has 0 spiro atoms. The van der Waals surface area contributed by atoms with Gasteiger partial charge in [-0.2, -0.15) is 0 Å². The van der Waals surface area contributed by atoms with Crippen molar-refractivity contribution < 1.29 is 4.79 Å². The quantitative estimate of drug-likeness (QED) is 0.613. The van der Waals surface area contributed by atoms with E-state index in [1.165, 1.54) is 5.56 Å². The van der Waals surface area contributed by atoms with E-state index in [1.54, 1.807) is 4.90 Å². The van der Waals surface area contributed by atoms with Crippen LogP contribution in [0, 0.1) is 6.92 Å². The monoisotopic (exact) mass is 189 g/mol. The first-order valence-corrected chi connectivity index (χ1v) is 4.84. The molecule has 0 unspecified atom stereocenters. The van der Waals surface area contributed by atoms with Crippen LogP contribution in [0.2, 0.25) is 0 Å². The van der Waals surface area contributed by atoms with Gasteiger partial charge in [0.15, 0.2) is 0 Å². The van der Waals surface area contributed by atoms with Crippen LogP contribution < -0.4 is 4.90 Å². The summed E-state index contributed by atoms with van der Waals surface area (Å²) in [6.07, 6.45) is 0. The van der Waals surface area contributed by atoms with Gasteiger partial charge in [-0.1, -0.05) is 17.7 Å². The molecule has 0 saturated heterocycles. The van der Waals surface area contributed by atoms with Crippen molar-refractivity contribution in [2.24, 2.45) is 0 Å². The van der Waals surface area contributed by atoms with E-state index >= 15 is 0 Å². The van der Waals surface area contributed by atoms with Crippen LogP contribution in [0.15, 0.2) is 18.2 Å². The Balaban J connectivity index is 2.69. The van der Waals surface area contributed by atoms with E-state index in [1.807, 2.05) is 33.0 Å². The number of hydrogen-bond acceptors (Lipinski definition) is 1. The van der Waals surface area contributed by atoms with Gasteiger partial charge in [-0.15, -0.1) is 0 Å². The molecule has 14 heavy (non-hydrogen) atoms. The van der Waals surface area contributed by atoms with Crippen LogP contribution in [0.25, 0.3) is 0 Å². The molecule has 2 rings (SSSR count). The molecule has 0 N–H and O–H groups in total. The number of carbonyl (C=O) groups excluding carboxylic acids is 1. The van der Waals surface area contributed by atoms with Crippen molar-refractivity contribution in [2.45, 2.75) is 26.2 Å². The second kappa shape index (κ2) is 2.59. The van der Waals surface area contributed by atoms with Gasteiger partial charge in [0, 0.05) is 12.7 Å². The van der Waals surface area contributed by atoms with E-state index in [0.29, 0.717) is 0 Å². The van der Waals surface area contributed by atoms with Crippen LogP contribution in [0.1, 0.15) is 25.0 Å². The van der Waals surface area contributed by atoms with Gasteiger partial charge in [0.05, 0.1) is 5.41 Å². The Morgan fingerprint density at radius 2 is 1.93 bits per heavy atom. The van der Waals surface area contributed by atoms with Crippen molar-refractivity contribution in [2.75, 3.05) is 11.9 Å². The molecular formula is C12H15NO. The Morgan fingerprint density at radius 1 is 1.29 bits per heavy atom. The van der Waals surface area contributed by atoms with Gasteiger partial charge in [0.2, 0.25) is 5.91 Å². The van der Waals surface area contributed by atoms with Crippen molar-refractivity contribution in [1.82, 2.24) is 0 Å². The van der Waals surface area contributed by atoms with E-state index in [2.05, 4.69) is 13.0 Å². The topological polar surface area (TPSA) is 20.3 Å². The molecule has 0 bridgehead atoms. The summed E-state index contributed by atoms with van der Waals surface area (Å²) in [5.74, 6) is 0.179. The summed E-state index contributed by atoms with van der Waals surface area (Å²) in [4.78, 5) is 13.7. The molecule has 0 aromatic heterocycles. The lowest BCUT2D eigenvalue weighted by atomic mass is 9.85. The molecule has 2 nitrogen and oxygen atoms in total. The lowest BCUT2D eigenvalue weighted by Gasteiger charge is -2.16. The maximum absolute atomic E-state index is 11.9. The number of nitrogens with zero attached hydrogens (tertiary/aromatic N) is 1. The van der Waals surface area contributed by atoms with Gasteiger partial charge in [-0.3, -0.25) is 4.79 Å². The highest BCUT2D eigenvalue weighted by Gasteiger charge is 2.41. The van der Waals surface area contributed by atoms with Crippen LogP contribution >= 0.6 is 0 Å². The predicted octanol–water partition coefficient (Wildman–Crippen LogP) is 2.25. The van der Waals surface area contributed by atoms with Gasteiger partial charge in [0.1, 0.15) is 0 Å². The number of rotatable bonds is 0. The van der Waals surface area contributed by atoms with Gasteiger partial charge < -0.3 is 4.90 Å². The van der Waals surface area contributed by atoms with Crippen molar-refractivity contribution in [3.05, 3.63) is 29.3 Å². The van der Waals surface area contributed by atoms with Crippen molar-refractivity contribution in [3.63, 3.8) is 0 Å². The third kappa shape index (κ3) is 0.999. The zero-order valence-corrected chi connectivity index (χ0v) is 9.09. The number of likely N-dealkylation sites (N-methyl/N-ethyl adjacent to an activating group) is 1. The smallest absolute Gasteiger partial charge is 0.236 e. The first kappa shape index (κ1) is 9.25. The highest BCUT2D eigenvalue weighted by atomic mass is 16.2. The predicted molar refractivity (Wildman–Crippen MR) is 57.6 cm³/mol. The van der Waals surface area contributed by atoms with Crippen LogP contribution in [-0.2, 0) is 10.2 Å². The fourth-order valence-corrected chi connectivity index (χ4v) is 2.09. The normalized spacial score (nSPS) is 18.6. The Morgan fingerprint density at radius 3 is 2.57 bits per heavy atom. The maximum Gasteiger partial charge on any atom is 0.236 e. The highest BCUT2D eigenvalue weighted by Crippen LogP contribution is 2.40. The van der Waals surface area contributed by atoms with Crippen LogP contribution in [0.4, 0.5) is 5.69 Å². The lowest BCUT2D eigenvalue weighted by Crippen LogP contribution is -2.33. The summed E-state index contributed by atoms with van der Waals surface area (Å²) in [5, 5.41) is 0. The average molecular weight is 189 g/mol. The molecule has 1 heterocycles. The third-order valence-electron chi connectivity index (χ3n) is 3.03. The molecular weight excluding hydrogens is 174 g/mol. The Kier molecular flexibility index (Phi) is 1.71. The third-order valence-corrected chi connectivity index (χ3v) is 3.03. The minimum atomic E-state index is -0.365. The van der Waals surface area contributed by atoms with Crippen LogP contribution in [0.5, 0.6) is 0 Å². The van der Waals surface area contributed by atoms with Crippen molar-refractivity contribution in [1.29, 1.82) is 0 Å². The van der Waals surface area contributed by atoms with Crippen molar-refractivity contribution in [3.8, 4) is 0 Å². The van der Waals surface area contributed by atoms with Crippen LogP contribution in [0.3, 0.4) is 0 Å². The summed E-state index contributed by atoms with van der Waals surface area (Å²) in [6.45, 7) is 6.02. The van der Waals surface area contributed by atoms with Gasteiger partial charge in [-0.05, 0) is 32.4 Å². The standard InChI is InChI=1S/C12H15NO/c1-8-5-6-10-9(7-8)12(2,3)11(14)13(10)4/h5-7H,1-4H3. The van der Waals surface area contributed by atoms with Gasteiger partial charge in [-0.25, -0.2) is 0 Å². The number of hydrogen-bond donors (Lipinski definition) is 0. The summed E-state index contributed by atoms with van der Waals surface area (Å²) in [7, 11) is 1.84. The molecule has 0 aliphatic carbocycles. The number of benzene rings is 1. The molecule has 0 fully saturated rings. The number of aryl methyl sites for hydroxylation is 1. The highest BCUT2D eigenvalue weighted by molar-refractivity contribution is 6.07. The van der Waals surface area contributed by atoms with E-state index in [0.717, 1.165) is 11.3 Å². The number of carbonyl (C=O) groups is 1. The molecule has 2 heteroatoms. The molecule has 1 aliphatic rings. The summed E-state index contributed by atoms with van der Waals surface area (Å²) >= 11 is 0. The largest absolute Gasteiger partial charge is 0.314 e. The summed E-state index contributed by atoms with van der Waals surface area (Å²) in [6, 6.07) is 6.18. The zero-order chi connectivity index (χ0) is 10.5. The lowest BCUT2D eigenvalue weighted by molar-refractivity contribution is -0.121. The number of amides is 1. The average Bonchev–Trinajstić information content (AvgIpc) is 2.29. The summed E-state index contributed by atoms with van der Waals surface area (Å²) in [5.41, 5.74) is 3.03. The maximum atomic E-state index is 11.9. The molecule has 0 radical (unpaired) electrons. The van der Waals surface area contributed by atoms with E-state index in [-0.39, 0.29) is 11.3 Å². The van der Waals surface area contributed by atoms with Crippen molar-refractivity contribution >= 4 is 11.6 Å². The molecule has 1 aromatic rings. The molecule has 1 aromatic carbocycles. The van der Waals surface area contributed by atoms with E-state index < -0.39 is 0 Å². The Hall–Kier alpha value is -1.31. The zero-order valence-electron chi connectivity index (χ0n) is 9.09. The number of fused-ring (bicyclic) bond motifs is 1. The van der Waals surface area contributed by atoms with E-state index in [9.17, 15) is 4.79 Å². The second-order valence-electron chi connectivity index (χ2n) is 4.51. The molecule has 1 aliphatic heterocycles. The first-order valence-electron chi connectivity index (χ1n) is 4.84. The van der Waals surface area contributed by atoms with Gasteiger partial charge in [0.25, 0.3) is 0 Å². The second-order valence-corrected chi connectivity index (χ2v) is 4.51. The fraction of sp³-hybridized carbons (Fsp3) is 0.417. The van der Waals surface area contributed by atoms with Gasteiger partial charge >= 0.3 is 0 Å². The minimum absolute atomic E-state index is 0.179. The molecule has 74 valence electrons. The Bertz CT molecular complexity index is 407. The fourth-order valence-electron chi connectivity index (χ4n) is 2.09.